The summed E-state index contributed by atoms with van der Waals surface area (Å²) in [4.78, 5) is 67.3. The smallest absolute Gasteiger partial charge is 0.255 e. The first kappa shape index (κ1) is 32.5. The zero-order chi connectivity index (χ0) is 31.7. The number of carbonyl (C=O) groups excluding carboxylic acids is 5. The van der Waals surface area contributed by atoms with Crippen LogP contribution >= 0.6 is 0 Å². The van der Waals surface area contributed by atoms with E-state index < -0.39 is 47.3 Å². The third kappa shape index (κ3) is 8.36. The van der Waals surface area contributed by atoms with Crippen LogP contribution in [0.3, 0.4) is 0 Å². The maximum Gasteiger partial charge on any atom is 0.255 e. The number of benzene rings is 2. The summed E-state index contributed by atoms with van der Waals surface area (Å²) >= 11 is 0. The fourth-order valence-corrected chi connectivity index (χ4v) is 5.62. The molecule has 2 aliphatic rings. The summed E-state index contributed by atoms with van der Waals surface area (Å²) in [6.07, 6.45) is 2.42. The molecule has 5 N–H and O–H groups in total. The number of amides is 5. The van der Waals surface area contributed by atoms with Gasteiger partial charge in [0.15, 0.2) is 0 Å². The van der Waals surface area contributed by atoms with Crippen LogP contribution in [0, 0.1) is 5.92 Å². The number of para-hydroxylation sites is 1. The molecule has 3 atom stereocenters. The molecule has 5 amide bonds. The molecule has 0 unspecified atom stereocenters. The first-order valence-corrected chi connectivity index (χ1v) is 15.3. The van der Waals surface area contributed by atoms with Crippen LogP contribution in [0.25, 0.3) is 0 Å². The highest BCUT2D eigenvalue weighted by Crippen LogP contribution is 2.30. The van der Waals surface area contributed by atoms with Gasteiger partial charge in [0.05, 0.1) is 18.0 Å². The summed E-state index contributed by atoms with van der Waals surface area (Å²) in [7, 11) is 0. The lowest BCUT2D eigenvalue weighted by Crippen LogP contribution is -2.62. The number of nitrogens with one attached hydrogen (secondary N) is 5. The van der Waals surface area contributed by atoms with Crippen LogP contribution in [-0.4, -0.2) is 66.4 Å². The third-order valence-electron chi connectivity index (χ3n) is 8.08. The second kappa shape index (κ2) is 14.9. The molecule has 4 rings (SSSR count). The summed E-state index contributed by atoms with van der Waals surface area (Å²) in [5.74, 6) is -2.44. The molecule has 2 aromatic carbocycles. The van der Waals surface area contributed by atoms with Crippen molar-refractivity contribution in [1.82, 2.24) is 26.6 Å². The maximum atomic E-state index is 13.7. The molecule has 0 bridgehead atoms. The molecule has 1 spiro atoms. The highest BCUT2D eigenvalue weighted by molar-refractivity contribution is 6.01. The van der Waals surface area contributed by atoms with Crippen molar-refractivity contribution in [3.8, 4) is 5.75 Å². The van der Waals surface area contributed by atoms with Crippen molar-refractivity contribution >= 4 is 29.5 Å². The summed E-state index contributed by atoms with van der Waals surface area (Å²) in [5, 5.41) is 14.2. The highest BCUT2D eigenvalue weighted by Gasteiger charge is 2.44. The maximum absolute atomic E-state index is 13.7. The molecule has 1 aliphatic heterocycles. The van der Waals surface area contributed by atoms with Gasteiger partial charge in [-0.15, -0.1) is 0 Å². The van der Waals surface area contributed by atoms with Crippen LogP contribution in [0.1, 0.15) is 68.8 Å². The molecule has 1 saturated carbocycles. The predicted molar refractivity (Wildman–Crippen MR) is 165 cm³/mol. The molecule has 11 nitrogen and oxygen atoms in total. The zero-order valence-electron chi connectivity index (χ0n) is 25.6. The van der Waals surface area contributed by atoms with Gasteiger partial charge in [-0.3, -0.25) is 24.0 Å². The molecule has 44 heavy (non-hydrogen) atoms. The van der Waals surface area contributed by atoms with Gasteiger partial charge in [0.25, 0.3) is 5.91 Å². The average molecular weight is 606 g/mol. The van der Waals surface area contributed by atoms with Gasteiger partial charge in [0, 0.05) is 6.54 Å². The van der Waals surface area contributed by atoms with Gasteiger partial charge < -0.3 is 31.3 Å². The van der Waals surface area contributed by atoms with E-state index in [1.807, 2.05) is 44.2 Å². The lowest BCUT2D eigenvalue weighted by atomic mass is 9.93. The average Bonchev–Trinajstić information content (AvgIpc) is 3.47. The normalized spacial score (nSPS) is 23.0. The van der Waals surface area contributed by atoms with Crippen molar-refractivity contribution in [2.45, 2.75) is 83.0 Å². The van der Waals surface area contributed by atoms with E-state index in [9.17, 15) is 24.0 Å². The van der Waals surface area contributed by atoms with E-state index in [2.05, 4.69) is 26.6 Å². The second-order valence-corrected chi connectivity index (χ2v) is 12.0. The Bertz CT molecular complexity index is 1340. The van der Waals surface area contributed by atoms with Gasteiger partial charge in [0.2, 0.25) is 23.6 Å². The largest absolute Gasteiger partial charge is 0.491 e. The van der Waals surface area contributed by atoms with Crippen molar-refractivity contribution in [3.63, 3.8) is 0 Å². The number of hydrogen-bond donors (Lipinski definition) is 5. The Kier molecular flexibility index (Phi) is 11.0. The zero-order valence-corrected chi connectivity index (χ0v) is 25.6. The molecule has 1 heterocycles. The first-order chi connectivity index (χ1) is 21.1. The molecular weight excluding hydrogens is 562 g/mol. The predicted octanol–water partition coefficient (Wildman–Crippen LogP) is 2.00. The van der Waals surface area contributed by atoms with Crippen molar-refractivity contribution in [2.24, 2.45) is 5.92 Å². The van der Waals surface area contributed by atoms with Crippen LogP contribution in [0.15, 0.2) is 54.6 Å². The van der Waals surface area contributed by atoms with E-state index >= 15 is 0 Å². The molecular formula is C33H43N5O6. The fourth-order valence-electron chi connectivity index (χ4n) is 5.62. The van der Waals surface area contributed by atoms with Crippen LogP contribution in [-0.2, 0) is 25.6 Å². The Labute approximate surface area is 258 Å². The Hall–Kier alpha value is -4.41. The number of ether oxygens (including phenoxy) is 1. The Balaban J connectivity index is 1.62. The molecule has 0 saturated heterocycles. The first-order valence-electron chi connectivity index (χ1n) is 15.3. The van der Waals surface area contributed by atoms with E-state index in [1.165, 1.54) is 0 Å². The fraction of sp³-hybridized carbons (Fsp3) is 0.485. The SMILES string of the molecule is CC(C)[C@H]1NC(=O)C2(CCCC2)NC(=O)C[C@@H](C(=O)NCCc2ccccc2)NC(=O)c2ccccc2OC[C@H](C)NC1=O. The quantitative estimate of drug-likeness (QED) is 0.351. The van der Waals surface area contributed by atoms with Crippen LogP contribution in [0.5, 0.6) is 5.75 Å². The van der Waals surface area contributed by atoms with Gasteiger partial charge in [-0.05, 0) is 49.8 Å². The van der Waals surface area contributed by atoms with E-state index in [0.717, 1.165) is 18.4 Å². The number of carbonyl (C=O) groups is 5. The van der Waals surface area contributed by atoms with E-state index in [4.69, 9.17) is 4.74 Å². The molecule has 236 valence electrons. The summed E-state index contributed by atoms with van der Waals surface area (Å²) in [6, 6.07) is 13.7. The summed E-state index contributed by atoms with van der Waals surface area (Å²) < 4.78 is 5.93. The van der Waals surface area contributed by atoms with Crippen molar-refractivity contribution in [2.75, 3.05) is 13.2 Å². The van der Waals surface area contributed by atoms with Crippen molar-refractivity contribution in [3.05, 3.63) is 65.7 Å². The number of fused-ring (bicyclic) bond motifs is 1. The van der Waals surface area contributed by atoms with Crippen LogP contribution < -0.4 is 31.3 Å². The third-order valence-corrected chi connectivity index (χ3v) is 8.08. The molecule has 11 heteroatoms. The van der Waals surface area contributed by atoms with Gasteiger partial charge >= 0.3 is 0 Å². The Morgan fingerprint density at radius 1 is 0.955 bits per heavy atom. The van der Waals surface area contributed by atoms with Gasteiger partial charge in [-0.2, -0.15) is 0 Å². The van der Waals surface area contributed by atoms with E-state index in [0.29, 0.717) is 25.8 Å². The van der Waals surface area contributed by atoms with Gasteiger partial charge in [-0.1, -0.05) is 69.2 Å². The monoisotopic (exact) mass is 605 g/mol. The summed E-state index contributed by atoms with van der Waals surface area (Å²) in [5.41, 5.74) is -0.00866. The molecule has 1 fully saturated rings. The number of hydrogen-bond acceptors (Lipinski definition) is 6. The van der Waals surface area contributed by atoms with E-state index in [-0.39, 0.29) is 36.2 Å². The Morgan fingerprint density at radius 3 is 2.34 bits per heavy atom. The van der Waals surface area contributed by atoms with Crippen molar-refractivity contribution in [1.29, 1.82) is 0 Å². The second-order valence-electron chi connectivity index (χ2n) is 12.0. The van der Waals surface area contributed by atoms with Gasteiger partial charge in [0.1, 0.15) is 30.0 Å². The standard InChI is InChI=1S/C33H43N5O6/c1-21(2)28-31(42)35-22(3)20-44-26-14-8-7-13-24(26)29(40)36-25(30(41)34-18-15-23-11-5-4-6-12-23)19-27(39)38-33(32(43)37-28)16-9-10-17-33/h4-8,11-14,21-22,25,28H,9-10,15-20H2,1-3H3,(H,34,41)(H,35,42)(H,36,40)(H,37,43)(H,38,39)/t22-,25-,28+/m0/s1. The van der Waals surface area contributed by atoms with E-state index in [1.54, 1.807) is 31.2 Å². The van der Waals surface area contributed by atoms with Gasteiger partial charge in [-0.25, -0.2) is 0 Å². The summed E-state index contributed by atoms with van der Waals surface area (Å²) in [6.45, 7) is 5.80. The minimum Gasteiger partial charge on any atom is -0.491 e. The lowest BCUT2D eigenvalue weighted by molar-refractivity contribution is -0.137. The van der Waals surface area contributed by atoms with Crippen molar-refractivity contribution < 1.29 is 28.7 Å². The van der Waals surface area contributed by atoms with Crippen LogP contribution in [0.2, 0.25) is 0 Å². The van der Waals surface area contributed by atoms with Crippen LogP contribution in [0.4, 0.5) is 0 Å². The molecule has 0 aromatic heterocycles. The topological polar surface area (TPSA) is 155 Å². The lowest BCUT2D eigenvalue weighted by Gasteiger charge is -2.33. The molecule has 1 aliphatic carbocycles. The molecule has 2 aromatic rings. The highest BCUT2D eigenvalue weighted by atomic mass is 16.5. The minimum atomic E-state index is -1.22. The number of rotatable bonds is 5. The molecule has 0 radical (unpaired) electrons. The Morgan fingerprint density at radius 2 is 1.64 bits per heavy atom. The minimum absolute atomic E-state index is 0.0577.